The molecule has 0 aliphatic carbocycles. The van der Waals surface area contributed by atoms with Gasteiger partial charge in [-0.15, -0.1) is 0 Å². The highest BCUT2D eigenvalue weighted by atomic mass is 16.3. The first kappa shape index (κ1) is 30.5. The summed E-state index contributed by atoms with van der Waals surface area (Å²) in [4.78, 5) is 0. The van der Waals surface area contributed by atoms with Gasteiger partial charge in [0.2, 0.25) is 0 Å². The Morgan fingerprint density at radius 3 is 0.537 bits per heavy atom. The molecule has 4 aromatic rings. The Morgan fingerprint density at radius 1 is 0.268 bits per heavy atom. The number of rotatable bonds is 12. The van der Waals surface area contributed by atoms with Crippen LogP contribution >= 0.6 is 0 Å². The van der Waals surface area contributed by atoms with Gasteiger partial charge in [-0.2, -0.15) is 0 Å². The van der Waals surface area contributed by atoms with Crippen molar-refractivity contribution in [3.05, 3.63) is 140 Å². The molecule has 8 N–H and O–H groups in total. The Morgan fingerprint density at radius 2 is 0.415 bits per heavy atom. The van der Waals surface area contributed by atoms with Gasteiger partial charge in [-0.25, -0.2) is 0 Å². The number of hydrogen-bond acceptors (Lipinski definition) is 8. The van der Waals surface area contributed by atoms with Crippen molar-refractivity contribution in [3.8, 4) is 0 Å². The molecule has 0 heterocycles. The highest BCUT2D eigenvalue weighted by Crippen LogP contribution is 2.47. The minimum Gasteiger partial charge on any atom is -0.392 e. The van der Waals surface area contributed by atoms with Crippen molar-refractivity contribution in [2.24, 2.45) is 0 Å². The van der Waals surface area contributed by atoms with E-state index in [9.17, 15) is 40.9 Å². The molecule has 4 aromatic carbocycles. The zero-order chi connectivity index (χ0) is 29.6. The molecule has 216 valence electrons. The molecule has 0 unspecified atom stereocenters. The second-order valence-corrected chi connectivity index (χ2v) is 10.2. The smallest absolute Gasteiger partial charge is 0.0702 e. The average molecular weight is 561 g/mol. The Labute approximate surface area is 238 Å². The third kappa shape index (κ3) is 6.11. The highest BCUT2D eigenvalue weighted by Gasteiger charge is 2.40. The summed E-state index contributed by atoms with van der Waals surface area (Å²) >= 11 is 0. The van der Waals surface area contributed by atoms with Gasteiger partial charge in [-0.3, -0.25) is 0 Å². The van der Waals surface area contributed by atoms with E-state index in [0.29, 0.717) is 66.8 Å². The van der Waals surface area contributed by atoms with E-state index in [1.54, 1.807) is 72.8 Å². The van der Waals surface area contributed by atoms with Crippen LogP contribution in [0.5, 0.6) is 0 Å². The van der Waals surface area contributed by atoms with Crippen molar-refractivity contribution >= 4 is 0 Å². The van der Waals surface area contributed by atoms with Crippen molar-refractivity contribution < 1.29 is 40.9 Å². The van der Waals surface area contributed by atoms with E-state index in [1.807, 2.05) is 0 Å². The van der Waals surface area contributed by atoms with Gasteiger partial charge in [0, 0.05) is 0 Å². The summed E-state index contributed by atoms with van der Waals surface area (Å²) in [5.74, 6) is 0. The van der Waals surface area contributed by atoms with Gasteiger partial charge in [0.05, 0.1) is 58.3 Å². The maximum absolute atomic E-state index is 10.2. The van der Waals surface area contributed by atoms with Crippen LogP contribution in [0.15, 0.2) is 72.8 Å². The van der Waals surface area contributed by atoms with Gasteiger partial charge in [-0.05, 0) is 66.8 Å². The van der Waals surface area contributed by atoms with Crippen molar-refractivity contribution in [2.45, 2.75) is 58.3 Å². The first-order valence-electron chi connectivity index (χ1n) is 13.3. The van der Waals surface area contributed by atoms with Crippen LogP contribution in [-0.2, 0) is 58.3 Å². The Hall–Kier alpha value is -3.44. The fourth-order valence-corrected chi connectivity index (χ4v) is 5.65. The Bertz CT molecular complexity index is 1180. The largest absolute Gasteiger partial charge is 0.392 e. The molecule has 0 fully saturated rings. The standard InChI is InChI=1S/C33H36O8/c34-13-21-1-22(14-35)6-29(5-21)33(30-7-23(15-36)2-24(8-30)16-37,31-9-25(17-38)3-26(10-31)18-39)32-11-27(19-40)4-28(12-32)20-41/h1-12,34-41H,13-20H2. The van der Waals surface area contributed by atoms with Crippen LogP contribution in [0, 0.1) is 0 Å². The molecule has 0 aliphatic rings. The predicted octanol–water partition coefficient (Wildman–Crippen LogP) is 2.01. The van der Waals surface area contributed by atoms with Gasteiger partial charge >= 0.3 is 0 Å². The van der Waals surface area contributed by atoms with Gasteiger partial charge in [-0.1, -0.05) is 72.8 Å². The zero-order valence-corrected chi connectivity index (χ0v) is 22.7. The molecule has 0 aromatic heterocycles. The molecule has 0 aliphatic heterocycles. The van der Waals surface area contributed by atoms with Crippen molar-refractivity contribution in [1.29, 1.82) is 0 Å². The van der Waals surface area contributed by atoms with Gasteiger partial charge in [0.1, 0.15) is 0 Å². The average Bonchev–Trinajstić information content (AvgIpc) is 3.04. The highest BCUT2D eigenvalue weighted by molar-refractivity contribution is 5.63. The summed E-state index contributed by atoms with van der Waals surface area (Å²) < 4.78 is 0. The third-order valence-corrected chi connectivity index (χ3v) is 7.40. The lowest BCUT2D eigenvalue weighted by Gasteiger charge is -2.39. The minimum atomic E-state index is -1.30. The summed E-state index contributed by atoms with van der Waals surface area (Å²) in [6.45, 7) is -2.50. The number of aliphatic hydroxyl groups excluding tert-OH is 8. The van der Waals surface area contributed by atoms with E-state index in [4.69, 9.17) is 0 Å². The topological polar surface area (TPSA) is 162 Å². The zero-order valence-electron chi connectivity index (χ0n) is 22.7. The van der Waals surface area contributed by atoms with Crippen LogP contribution in [0.4, 0.5) is 0 Å². The minimum absolute atomic E-state index is 0.313. The van der Waals surface area contributed by atoms with Crippen LogP contribution in [0.25, 0.3) is 0 Å². The first-order chi connectivity index (χ1) is 19.9. The molecule has 4 rings (SSSR count). The first-order valence-corrected chi connectivity index (χ1v) is 13.3. The Balaban J connectivity index is 2.32. The quantitative estimate of drug-likeness (QED) is 0.122. The second kappa shape index (κ2) is 13.5. The molecule has 0 atom stereocenters. The van der Waals surface area contributed by atoms with E-state index in [1.165, 1.54) is 0 Å². The van der Waals surface area contributed by atoms with Crippen LogP contribution in [0.1, 0.15) is 66.8 Å². The van der Waals surface area contributed by atoms with Crippen LogP contribution in [-0.4, -0.2) is 40.9 Å². The summed E-state index contributed by atoms with van der Waals surface area (Å²) in [5, 5.41) is 81.4. The van der Waals surface area contributed by atoms with E-state index in [2.05, 4.69) is 0 Å². The molecular formula is C33H36O8. The SMILES string of the molecule is OCc1cc(CO)cc(C(c2cc(CO)cc(CO)c2)(c2cc(CO)cc(CO)c2)c2cc(CO)cc(CO)c2)c1. The lowest BCUT2D eigenvalue weighted by atomic mass is 9.63. The molecule has 0 saturated heterocycles. The molecular weight excluding hydrogens is 524 g/mol. The number of hydrogen-bond donors (Lipinski definition) is 8. The Kier molecular flexibility index (Phi) is 10.0. The van der Waals surface area contributed by atoms with Gasteiger partial charge < -0.3 is 40.9 Å². The second-order valence-electron chi connectivity index (χ2n) is 10.2. The van der Waals surface area contributed by atoms with Crippen molar-refractivity contribution in [2.75, 3.05) is 0 Å². The molecule has 8 heteroatoms. The van der Waals surface area contributed by atoms with Crippen LogP contribution in [0.3, 0.4) is 0 Å². The fraction of sp³-hybridized carbons (Fsp3) is 0.273. The number of benzene rings is 4. The molecule has 0 spiro atoms. The normalized spacial score (nSPS) is 11.7. The summed E-state index contributed by atoms with van der Waals surface area (Å²) in [6, 6.07) is 21.1. The lowest BCUT2D eigenvalue weighted by Crippen LogP contribution is -2.32. The van der Waals surface area contributed by atoms with E-state index < -0.39 is 5.41 Å². The number of aliphatic hydroxyl groups is 8. The maximum Gasteiger partial charge on any atom is 0.0702 e. The maximum atomic E-state index is 10.2. The van der Waals surface area contributed by atoms with E-state index in [-0.39, 0.29) is 52.9 Å². The monoisotopic (exact) mass is 560 g/mol. The van der Waals surface area contributed by atoms with Crippen LogP contribution in [0.2, 0.25) is 0 Å². The molecule has 41 heavy (non-hydrogen) atoms. The molecule has 8 nitrogen and oxygen atoms in total. The molecule has 0 saturated carbocycles. The fourth-order valence-electron chi connectivity index (χ4n) is 5.65. The summed E-state index contributed by atoms with van der Waals surface area (Å²) in [5.41, 5.74) is 5.32. The molecule has 0 amide bonds. The van der Waals surface area contributed by atoms with Crippen molar-refractivity contribution in [1.82, 2.24) is 0 Å². The summed E-state index contributed by atoms with van der Waals surface area (Å²) in [7, 11) is 0. The lowest BCUT2D eigenvalue weighted by molar-refractivity contribution is 0.275. The van der Waals surface area contributed by atoms with E-state index >= 15 is 0 Å². The molecule has 0 radical (unpaired) electrons. The van der Waals surface area contributed by atoms with Crippen molar-refractivity contribution in [3.63, 3.8) is 0 Å². The predicted molar refractivity (Wildman–Crippen MR) is 152 cm³/mol. The van der Waals surface area contributed by atoms with Gasteiger partial charge in [0.15, 0.2) is 0 Å². The molecule has 0 bridgehead atoms. The van der Waals surface area contributed by atoms with Gasteiger partial charge in [0.25, 0.3) is 0 Å². The van der Waals surface area contributed by atoms with Crippen LogP contribution < -0.4 is 0 Å². The third-order valence-electron chi connectivity index (χ3n) is 7.40. The van der Waals surface area contributed by atoms with E-state index in [0.717, 1.165) is 0 Å². The summed E-state index contributed by atoms with van der Waals surface area (Å²) in [6.07, 6.45) is 0.